The van der Waals surface area contributed by atoms with Gasteiger partial charge in [0, 0.05) is 25.4 Å². The number of benzene rings is 1. The number of amides is 1. The Morgan fingerprint density at radius 1 is 1.50 bits per heavy atom. The first-order valence-corrected chi connectivity index (χ1v) is 8.21. The van der Waals surface area contributed by atoms with Crippen LogP contribution >= 0.6 is 0 Å². The van der Waals surface area contributed by atoms with Crippen LogP contribution in [-0.4, -0.2) is 47.4 Å². The number of aryl methyl sites for hydroxylation is 1. The first kappa shape index (κ1) is 16.5. The molecule has 24 heavy (non-hydrogen) atoms. The van der Waals surface area contributed by atoms with Crippen LogP contribution in [-0.2, 0) is 11.3 Å². The molecule has 6 nitrogen and oxygen atoms in total. The lowest BCUT2D eigenvalue weighted by Crippen LogP contribution is -2.37. The highest BCUT2D eigenvalue weighted by molar-refractivity contribution is 5.95. The Hall–Kier alpha value is -2.34. The summed E-state index contributed by atoms with van der Waals surface area (Å²) in [5.74, 6) is 0.760. The van der Waals surface area contributed by atoms with E-state index in [4.69, 9.17) is 9.47 Å². The van der Waals surface area contributed by atoms with Gasteiger partial charge in [-0.2, -0.15) is 5.10 Å². The minimum atomic E-state index is -0.0282. The molecule has 0 bridgehead atoms. The van der Waals surface area contributed by atoms with Crippen molar-refractivity contribution >= 4 is 5.91 Å². The number of carbonyl (C=O) groups excluding carboxylic acids is 1. The Kier molecular flexibility index (Phi) is 5.15. The van der Waals surface area contributed by atoms with E-state index in [0.717, 1.165) is 36.5 Å². The number of rotatable bonds is 6. The molecule has 0 radical (unpaired) electrons. The lowest BCUT2D eigenvalue weighted by atomic mass is 10.1. The molecule has 6 heteroatoms. The largest absolute Gasteiger partial charge is 0.497 e. The second-order valence-electron chi connectivity index (χ2n) is 6.08. The van der Waals surface area contributed by atoms with Crippen molar-refractivity contribution in [2.75, 3.05) is 20.3 Å². The number of H-pyrrole nitrogens is 1. The van der Waals surface area contributed by atoms with Crippen molar-refractivity contribution in [3.05, 3.63) is 47.3 Å². The molecule has 1 atom stereocenters. The number of carbonyl (C=O) groups is 1. The number of methoxy groups -OCH3 is 1. The average Bonchev–Trinajstić information content (AvgIpc) is 3.25. The summed E-state index contributed by atoms with van der Waals surface area (Å²) in [6.45, 7) is 3.73. The first-order valence-electron chi connectivity index (χ1n) is 8.21. The van der Waals surface area contributed by atoms with Crippen LogP contribution in [0.25, 0.3) is 0 Å². The van der Waals surface area contributed by atoms with Gasteiger partial charge in [0.1, 0.15) is 5.75 Å². The minimum absolute atomic E-state index is 0.0282. The molecule has 0 unspecified atom stereocenters. The van der Waals surface area contributed by atoms with E-state index >= 15 is 0 Å². The van der Waals surface area contributed by atoms with Gasteiger partial charge in [-0.05, 0) is 37.5 Å². The van der Waals surface area contributed by atoms with Crippen LogP contribution in [0.15, 0.2) is 30.5 Å². The zero-order valence-corrected chi connectivity index (χ0v) is 14.1. The van der Waals surface area contributed by atoms with Gasteiger partial charge in [-0.15, -0.1) is 0 Å². The summed E-state index contributed by atoms with van der Waals surface area (Å²) < 4.78 is 11.0. The zero-order valence-electron chi connectivity index (χ0n) is 14.1. The van der Waals surface area contributed by atoms with Crippen molar-refractivity contribution in [3.63, 3.8) is 0 Å². The van der Waals surface area contributed by atoms with Crippen molar-refractivity contribution in [2.45, 2.75) is 32.4 Å². The van der Waals surface area contributed by atoms with Crippen molar-refractivity contribution in [3.8, 4) is 5.75 Å². The third kappa shape index (κ3) is 3.76. The van der Waals surface area contributed by atoms with Gasteiger partial charge in [0.25, 0.3) is 5.91 Å². The van der Waals surface area contributed by atoms with Gasteiger partial charge in [0.05, 0.1) is 25.0 Å². The fourth-order valence-corrected chi connectivity index (χ4v) is 2.98. The Morgan fingerprint density at radius 3 is 3.04 bits per heavy atom. The Bertz CT molecular complexity index is 692. The zero-order chi connectivity index (χ0) is 16.9. The highest BCUT2D eigenvalue weighted by Gasteiger charge is 2.25. The van der Waals surface area contributed by atoms with Gasteiger partial charge in [0.2, 0.25) is 0 Å². The molecule has 2 heterocycles. The van der Waals surface area contributed by atoms with Crippen molar-refractivity contribution < 1.29 is 14.3 Å². The standard InChI is InChI=1S/C18H23N3O3/c1-13-17(10-19-20-13)18(22)21(12-16-7-4-8-24-16)11-14-5-3-6-15(9-14)23-2/h3,5-6,9-10,16H,4,7-8,11-12H2,1-2H3,(H,19,20)/t16-/m0/s1. The van der Waals surface area contributed by atoms with Crippen LogP contribution in [0.1, 0.15) is 34.5 Å². The number of nitrogens with one attached hydrogen (secondary N) is 1. The highest BCUT2D eigenvalue weighted by Crippen LogP contribution is 2.20. The smallest absolute Gasteiger partial charge is 0.257 e. The number of ether oxygens (including phenoxy) is 2. The van der Waals surface area contributed by atoms with Crippen LogP contribution in [0.2, 0.25) is 0 Å². The predicted molar refractivity (Wildman–Crippen MR) is 90.0 cm³/mol. The highest BCUT2D eigenvalue weighted by atomic mass is 16.5. The first-order chi connectivity index (χ1) is 11.7. The molecule has 128 valence electrons. The molecule has 3 rings (SSSR count). The third-order valence-electron chi connectivity index (χ3n) is 4.30. The molecule has 1 aliphatic rings. The van der Waals surface area contributed by atoms with E-state index in [1.165, 1.54) is 0 Å². The van der Waals surface area contributed by atoms with Gasteiger partial charge in [-0.1, -0.05) is 12.1 Å². The predicted octanol–water partition coefficient (Wildman–Crippen LogP) is 2.55. The maximum absolute atomic E-state index is 13.0. The normalized spacial score (nSPS) is 17.0. The molecular weight excluding hydrogens is 306 g/mol. The lowest BCUT2D eigenvalue weighted by Gasteiger charge is -2.25. The molecule has 2 aromatic rings. The van der Waals surface area contributed by atoms with E-state index in [1.807, 2.05) is 36.1 Å². The van der Waals surface area contributed by atoms with Crippen molar-refractivity contribution in [1.82, 2.24) is 15.1 Å². The summed E-state index contributed by atoms with van der Waals surface area (Å²) in [6, 6.07) is 7.79. The van der Waals surface area contributed by atoms with E-state index in [1.54, 1.807) is 13.3 Å². The van der Waals surface area contributed by atoms with Gasteiger partial charge in [-0.25, -0.2) is 0 Å². The summed E-state index contributed by atoms with van der Waals surface area (Å²) >= 11 is 0. The summed E-state index contributed by atoms with van der Waals surface area (Å²) in [6.07, 6.45) is 3.74. The summed E-state index contributed by atoms with van der Waals surface area (Å²) in [5, 5.41) is 6.80. The van der Waals surface area contributed by atoms with Crippen LogP contribution in [0, 0.1) is 6.92 Å². The molecule has 0 saturated carbocycles. The topological polar surface area (TPSA) is 67.5 Å². The lowest BCUT2D eigenvalue weighted by molar-refractivity contribution is 0.0506. The Balaban J connectivity index is 1.80. The van der Waals surface area contributed by atoms with Crippen molar-refractivity contribution in [2.24, 2.45) is 0 Å². The molecular formula is C18H23N3O3. The van der Waals surface area contributed by atoms with E-state index in [2.05, 4.69) is 10.2 Å². The fraction of sp³-hybridized carbons (Fsp3) is 0.444. The Morgan fingerprint density at radius 2 is 2.38 bits per heavy atom. The molecule has 0 aliphatic carbocycles. The molecule has 1 aromatic heterocycles. The molecule has 1 saturated heterocycles. The van der Waals surface area contributed by atoms with Gasteiger partial charge >= 0.3 is 0 Å². The van der Waals surface area contributed by atoms with Crippen LogP contribution in [0.5, 0.6) is 5.75 Å². The average molecular weight is 329 g/mol. The molecule has 0 spiro atoms. The Labute approximate surface area is 141 Å². The number of aromatic nitrogens is 2. The molecule has 1 aliphatic heterocycles. The van der Waals surface area contributed by atoms with E-state index in [-0.39, 0.29) is 12.0 Å². The van der Waals surface area contributed by atoms with Gasteiger partial charge in [0.15, 0.2) is 0 Å². The van der Waals surface area contributed by atoms with Crippen LogP contribution < -0.4 is 4.74 Å². The summed E-state index contributed by atoms with van der Waals surface area (Å²) in [7, 11) is 1.64. The minimum Gasteiger partial charge on any atom is -0.497 e. The summed E-state index contributed by atoms with van der Waals surface area (Å²) in [5.41, 5.74) is 2.42. The second kappa shape index (κ2) is 7.49. The van der Waals surface area contributed by atoms with Crippen molar-refractivity contribution in [1.29, 1.82) is 0 Å². The number of hydrogen-bond acceptors (Lipinski definition) is 4. The SMILES string of the molecule is COc1cccc(CN(C[C@@H]2CCCO2)C(=O)c2cn[nH]c2C)c1. The van der Waals surface area contributed by atoms with Crippen LogP contribution in [0.3, 0.4) is 0 Å². The molecule has 1 fully saturated rings. The molecule has 1 aromatic carbocycles. The molecule has 1 N–H and O–H groups in total. The second-order valence-corrected chi connectivity index (χ2v) is 6.08. The molecule has 1 amide bonds. The number of nitrogens with zero attached hydrogens (tertiary/aromatic N) is 2. The monoisotopic (exact) mass is 329 g/mol. The van der Waals surface area contributed by atoms with Gasteiger partial charge < -0.3 is 14.4 Å². The maximum Gasteiger partial charge on any atom is 0.257 e. The van der Waals surface area contributed by atoms with E-state index < -0.39 is 0 Å². The summed E-state index contributed by atoms with van der Waals surface area (Å²) in [4.78, 5) is 14.8. The quantitative estimate of drug-likeness (QED) is 0.884. The number of aromatic amines is 1. The van der Waals surface area contributed by atoms with Gasteiger partial charge in [-0.3, -0.25) is 9.89 Å². The van der Waals surface area contributed by atoms with E-state index in [9.17, 15) is 4.79 Å². The number of hydrogen-bond donors (Lipinski definition) is 1. The fourth-order valence-electron chi connectivity index (χ4n) is 2.98. The maximum atomic E-state index is 13.0. The van der Waals surface area contributed by atoms with E-state index in [0.29, 0.717) is 18.7 Å². The van der Waals surface area contributed by atoms with Crippen LogP contribution in [0.4, 0.5) is 0 Å². The third-order valence-corrected chi connectivity index (χ3v) is 4.30.